The van der Waals surface area contributed by atoms with Crippen molar-refractivity contribution in [2.24, 2.45) is 0 Å². The van der Waals surface area contributed by atoms with Crippen molar-refractivity contribution in [3.8, 4) is 11.5 Å². The van der Waals surface area contributed by atoms with E-state index in [0.717, 1.165) is 0 Å². The van der Waals surface area contributed by atoms with Crippen molar-refractivity contribution in [2.75, 3.05) is 0 Å². The Bertz CT molecular complexity index is 436. The average molecular weight is 226 g/mol. The van der Waals surface area contributed by atoms with E-state index >= 15 is 0 Å². The molecule has 0 fully saturated rings. The summed E-state index contributed by atoms with van der Waals surface area (Å²) in [5, 5.41) is 8.64. The fourth-order valence-electron chi connectivity index (χ4n) is 1.09. The quantitative estimate of drug-likeness (QED) is 0.853. The number of nitrogens with zero attached hydrogens (tertiary/aromatic N) is 1. The normalized spacial score (nSPS) is 9.33. The van der Waals surface area contributed by atoms with Crippen LogP contribution in [0.3, 0.4) is 0 Å². The minimum absolute atomic E-state index is 0. The topological polar surface area (TPSA) is 63.3 Å². The third-order valence-corrected chi connectivity index (χ3v) is 1.78. The van der Waals surface area contributed by atoms with Gasteiger partial charge >= 0.3 is 5.97 Å². The Kier molecular flexibility index (Phi) is 3.46. The minimum Gasteiger partial charge on any atom is -0.478 e. The number of carboxylic acid groups (broad SMARTS) is 1. The van der Waals surface area contributed by atoms with Gasteiger partial charge in [0.15, 0.2) is 5.76 Å². The maximum atomic E-state index is 10.5. The Hall–Kier alpha value is -1.81. The largest absolute Gasteiger partial charge is 0.478 e. The molecular weight excluding hydrogens is 218 g/mol. The highest BCUT2D eigenvalue weighted by molar-refractivity contribution is 5.87. The molecule has 0 bridgehead atoms. The molecular formula is C10H8ClNO3. The molecule has 0 aliphatic rings. The molecule has 2 heterocycles. The van der Waals surface area contributed by atoms with E-state index in [4.69, 9.17) is 9.52 Å². The van der Waals surface area contributed by atoms with Crippen LogP contribution in [0.25, 0.3) is 11.5 Å². The van der Waals surface area contributed by atoms with E-state index in [2.05, 4.69) is 4.98 Å². The summed E-state index contributed by atoms with van der Waals surface area (Å²) in [6, 6.07) is 6.63. The lowest BCUT2D eigenvalue weighted by Crippen LogP contribution is -1.96. The standard InChI is InChI=1S/C10H7NO3.ClH/c12-10(13)7-3-4-8(11-6-7)9-2-1-5-14-9;/h1-6H,(H,12,13);1H. The molecule has 0 saturated carbocycles. The molecule has 2 aromatic heterocycles. The first-order chi connectivity index (χ1) is 6.77. The Morgan fingerprint density at radius 2 is 2.13 bits per heavy atom. The van der Waals surface area contributed by atoms with Gasteiger partial charge in [-0.3, -0.25) is 4.98 Å². The third kappa shape index (κ3) is 2.35. The van der Waals surface area contributed by atoms with Crippen molar-refractivity contribution in [1.29, 1.82) is 0 Å². The van der Waals surface area contributed by atoms with Crippen molar-refractivity contribution in [3.63, 3.8) is 0 Å². The second-order valence-electron chi connectivity index (χ2n) is 2.71. The fraction of sp³-hybridized carbons (Fsp3) is 0. The zero-order chi connectivity index (χ0) is 9.97. The van der Waals surface area contributed by atoms with Crippen molar-refractivity contribution in [1.82, 2.24) is 4.98 Å². The zero-order valence-corrected chi connectivity index (χ0v) is 8.40. The number of pyridine rings is 1. The monoisotopic (exact) mass is 225 g/mol. The van der Waals surface area contributed by atoms with E-state index in [1.807, 2.05) is 0 Å². The summed E-state index contributed by atoms with van der Waals surface area (Å²) in [5.74, 6) is -0.356. The molecule has 2 aromatic rings. The Morgan fingerprint density at radius 3 is 2.60 bits per heavy atom. The van der Waals surface area contributed by atoms with Crippen LogP contribution in [-0.2, 0) is 0 Å². The van der Waals surface area contributed by atoms with Gasteiger partial charge in [-0.1, -0.05) is 0 Å². The highest BCUT2D eigenvalue weighted by Crippen LogP contribution is 2.16. The summed E-state index contributed by atoms with van der Waals surface area (Å²) in [7, 11) is 0. The summed E-state index contributed by atoms with van der Waals surface area (Å²) in [6.45, 7) is 0. The van der Waals surface area contributed by atoms with Crippen molar-refractivity contribution < 1.29 is 14.3 Å². The second-order valence-corrected chi connectivity index (χ2v) is 2.71. The molecule has 4 nitrogen and oxygen atoms in total. The van der Waals surface area contributed by atoms with E-state index in [0.29, 0.717) is 11.5 Å². The van der Waals surface area contributed by atoms with Crippen LogP contribution in [0.2, 0.25) is 0 Å². The van der Waals surface area contributed by atoms with Gasteiger partial charge in [0.25, 0.3) is 0 Å². The summed E-state index contributed by atoms with van der Waals surface area (Å²) in [6.07, 6.45) is 2.85. The van der Waals surface area contributed by atoms with Crippen molar-refractivity contribution in [3.05, 3.63) is 42.3 Å². The molecule has 0 saturated heterocycles. The van der Waals surface area contributed by atoms with E-state index in [1.165, 1.54) is 12.3 Å². The summed E-state index contributed by atoms with van der Waals surface area (Å²) in [4.78, 5) is 14.5. The molecule has 5 heteroatoms. The van der Waals surface area contributed by atoms with E-state index < -0.39 is 5.97 Å². The summed E-state index contributed by atoms with van der Waals surface area (Å²) >= 11 is 0. The van der Waals surface area contributed by atoms with Gasteiger partial charge in [0.2, 0.25) is 0 Å². The molecule has 78 valence electrons. The Balaban J connectivity index is 0.00000112. The molecule has 2 rings (SSSR count). The lowest BCUT2D eigenvalue weighted by Gasteiger charge is -1.96. The van der Waals surface area contributed by atoms with Crippen molar-refractivity contribution >= 4 is 18.4 Å². The first-order valence-corrected chi connectivity index (χ1v) is 4.00. The molecule has 1 N–H and O–H groups in total. The van der Waals surface area contributed by atoms with Gasteiger partial charge in [-0.2, -0.15) is 0 Å². The number of carboxylic acids is 1. The minimum atomic E-state index is -0.983. The number of hydrogen-bond donors (Lipinski definition) is 1. The van der Waals surface area contributed by atoms with Gasteiger partial charge in [0, 0.05) is 6.20 Å². The molecule has 0 aromatic carbocycles. The summed E-state index contributed by atoms with van der Waals surface area (Å²) in [5.41, 5.74) is 0.792. The smallest absolute Gasteiger partial charge is 0.337 e. The zero-order valence-electron chi connectivity index (χ0n) is 7.58. The van der Waals surface area contributed by atoms with Gasteiger partial charge in [0.05, 0.1) is 11.8 Å². The lowest BCUT2D eigenvalue weighted by atomic mass is 10.2. The van der Waals surface area contributed by atoms with Gasteiger partial charge in [0.1, 0.15) is 5.69 Å². The van der Waals surface area contributed by atoms with Gasteiger partial charge in [-0.05, 0) is 24.3 Å². The molecule has 0 unspecified atom stereocenters. The van der Waals surface area contributed by atoms with Gasteiger partial charge in [-0.15, -0.1) is 12.4 Å². The third-order valence-electron chi connectivity index (χ3n) is 1.78. The van der Waals surface area contributed by atoms with Gasteiger partial charge < -0.3 is 9.52 Å². The maximum Gasteiger partial charge on any atom is 0.337 e. The number of carbonyl (C=O) groups is 1. The molecule has 0 radical (unpaired) electrons. The van der Waals surface area contributed by atoms with Gasteiger partial charge in [-0.25, -0.2) is 4.79 Å². The number of aromatic nitrogens is 1. The van der Waals surface area contributed by atoms with Crippen LogP contribution in [0.15, 0.2) is 41.1 Å². The number of rotatable bonds is 2. The van der Waals surface area contributed by atoms with Crippen LogP contribution in [-0.4, -0.2) is 16.1 Å². The van der Waals surface area contributed by atoms with E-state index in [9.17, 15) is 4.79 Å². The maximum absolute atomic E-state index is 10.5. The molecule has 0 aliphatic heterocycles. The predicted molar refractivity (Wildman–Crippen MR) is 56.1 cm³/mol. The highest BCUT2D eigenvalue weighted by Gasteiger charge is 2.05. The van der Waals surface area contributed by atoms with Crippen LogP contribution in [0.1, 0.15) is 10.4 Å². The fourth-order valence-corrected chi connectivity index (χ4v) is 1.09. The molecule has 0 aliphatic carbocycles. The van der Waals surface area contributed by atoms with Crippen LogP contribution in [0.4, 0.5) is 0 Å². The first kappa shape index (κ1) is 11.3. The molecule has 0 atom stereocenters. The van der Waals surface area contributed by atoms with Crippen LogP contribution < -0.4 is 0 Å². The number of aromatic carboxylic acids is 1. The average Bonchev–Trinajstić information content (AvgIpc) is 2.71. The van der Waals surface area contributed by atoms with Crippen LogP contribution in [0.5, 0.6) is 0 Å². The van der Waals surface area contributed by atoms with E-state index in [1.54, 1.807) is 24.5 Å². The number of furan rings is 1. The van der Waals surface area contributed by atoms with Crippen LogP contribution >= 0.6 is 12.4 Å². The lowest BCUT2D eigenvalue weighted by molar-refractivity contribution is 0.0696. The second kappa shape index (κ2) is 4.61. The molecule has 15 heavy (non-hydrogen) atoms. The first-order valence-electron chi connectivity index (χ1n) is 4.00. The number of halogens is 1. The predicted octanol–water partition coefficient (Wildman–Crippen LogP) is 2.46. The van der Waals surface area contributed by atoms with Crippen molar-refractivity contribution in [2.45, 2.75) is 0 Å². The van der Waals surface area contributed by atoms with Crippen LogP contribution in [0, 0.1) is 0 Å². The highest BCUT2D eigenvalue weighted by atomic mass is 35.5. The SMILES string of the molecule is Cl.O=C(O)c1ccc(-c2ccco2)nc1. The number of hydrogen-bond acceptors (Lipinski definition) is 3. The Morgan fingerprint density at radius 1 is 1.33 bits per heavy atom. The molecule has 0 amide bonds. The molecule has 0 spiro atoms. The van der Waals surface area contributed by atoms with E-state index in [-0.39, 0.29) is 18.0 Å². The summed E-state index contributed by atoms with van der Waals surface area (Å²) < 4.78 is 5.11. The Labute approximate surface area is 92.0 Å².